The molecular formula is C25H31N3O4. The van der Waals surface area contributed by atoms with E-state index in [2.05, 4.69) is 6.92 Å². The number of hydrogen-bond donors (Lipinski definition) is 1. The third kappa shape index (κ3) is 3.76. The summed E-state index contributed by atoms with van der Waals surface area (Å²) in [5.41, 5.74) is 10.2. The molecule has 1 aliphatic heterocycles. The van der Waals surface area contributed by atoms with E-state index in [-0.39, 0.29) is 23.9 Å². The molecule has 0 atom stereocenters. The van der Waals surface area contributed by atoms with Crippen LogP contribution < -0.4 is 20.1 Å². The monoisotopic (exact) mass is 437 g/mol. The van der Waals surface area contributed by atoms with Crippen LogP contribution in [0.2, 0.25) is 0 Å². The van der Waals surface area contributed by atoms with Crippen LogP contribution in [0.1, 0.15) is 42.4 Å². The maximum atomic E-state index is 13.9. The van der Waals surface area contributed by atoms with Gasteiger partial charge in [0.2, 0.25) is 5.91 Å². The SMILES string of the molecule is COc1cc(N2C(=O)N(C3CCC(C(N)=O)CC3)Cc3c(C)ccc(OC)c32)ccc1C. The van der Waals surface area contributed by atoms with Gasteiger partial charge in [0.15, 0.2) is 0 Å². The highest BCUT2D eigenvalue weighted by Crippen LogP contribution is 2.45. The number of rotatable bonds is 5. The molecule has 0 saturated heterocycles. The Morgan fingerprint density at radius 1 is 0.969 bits per heavy atom. The second-order valence-corrected chi connectivity index (χ2v) is 8.72. The Morgan fingerprint density at radius 3 is 2.25 bits per heavy atom. The largest absolute Gasteiger partial charge is 0.496 e. The fraction of sp³-hybridized carbons (Fsp3) is 0.440. The molecular weight excluding hydrogens is 406 g/mol. The fourth-order valence-corrected chi connectivity index (χ4v) is 4.93. The number of hydrogen-bond acceptors (Lipinski definition) is 4. The average molecular weight is 438 g/mol. The molecule has 1 fully saturated rings. The number of carbonyl (C=O) groups is 2. The number of methoxy groups -OCH3 is 2. The van der Waals surface area contributed by atoms with E-state index in [0.717, 1.165) is 46.7 Å². The van der Waals surface area contributed by atoms with Gasteiger partial charge in [-0.25, -0.2) is 4.79 Å². The Labute approximate surface area is 189 Å². The molecule has 1 heterocycles. The molecule has 2 aliphatic rings. The van der Waals surface area contributed by atoms with E-state index in [1.807, 2.05) is 42.2 Å². The molecule has 2 N–H and O–H groups in total. The van der Waals surface area contributed by atoms with Gasteiger partial charge in [0.25, 0.3) is 0 Å². The lowest BCUT2D eigenvalue weighted by molar-refractivity contribution is -0.123. The fourth-order valence-electron chi connectivity index (χ4n) is 4.93. The third-order valence-electron chi connectivity index (χ3n) is 6.88. The quantitative estimate of drug-likeness (QED) is 0.749. The normalized spacial score (nSPS) is 20.7. The van der Waals surface area contributed by atoms with Crippen molar-refractivity contribution in [3.8, 4) is 11.5 Å². The molecule has 32 heavy (non-hydrogen) atoms. The number of nitrogens with two attached hydrogens (primary N) is 1. The van der Waals surface area contributed by atoms with Crippen LogP contribution in [0.5, 0.6) is 11.5 Å². The predicted octanol–water partition coefficient (Wildman–Crippen LogP) is 4.44. The zero-order valence-electron chi connectivity index (χ0n) is 19.2. The highest BCUT2D eigenvalue weighted by molar-refractivity contribution is 6.04. The highest BCUT2D eigenvalue weighted by atomic mass is 16.5. The summed E-state index contributed by atoms with van der Waals surface area (Å²) in [5, 5.41) is 0. The first-order valence-electron chi connectivity index (χ1n) is 11.1. The minimum absolute atomic E-state index is 0.0618. The number of primary amides is 1. The zero-order chi connectivity index (χ0) is 23.0. The van der Waals surface area contributed by atoms with E-state index in [1.165, 1.54) is 0 Å². The van der Waals surface area contributed by atoms with Gasteiger partial charge in [-0.2, -0.15) is 0 Å². The Hall–Kier alpha value is -3.22. The van der Waals surface area contributed by atoms with Gasteiger partial charge < -0.3 is 20.1 Å². The van der Waals surface area contributed by atoms with Gasteiger partial charge in [0.05, 0.1) is 32.1 Å². The molecule has 7 nitrogen and oxygen atoms in total. The average Bonchev–Trinajstić information content (AvgIpc) is 2.80. The number of benzene rings is 2. The van der Waals surface area contributed by atoms with Gasteiger partial charge in [0, 0.05) is 23.6 Å². The number of anilines is 2. The van der Waals surface area contributed by atoms with E-state index in [1.54, 1.807) is 19.1 Å². The van der Waals surface area contributed by atoms with Crippen molar-refractivity contribution in [2.45, 2.75) is 52.1 Å². The van der Waals surface area contributed by atoms with Gasteiger partial charge >= 0.3 is 6.03 Å². The number of amides is 3. The third-order valence-corrected chi connectivity index (χ3v) is 6.88. The number of ether oxygens (including phenoxy) is 2. The van der Waals surface area contributed by atoms with Crippen LogP contribution in [-0.2, 0) is 11.3 Å². The molecule has 1 aliphatic carbocycles. The molecule has 0 bridgehead atoms. The topological polar surface area (TPSA) is 85.1 Å². The Balaban J connectivity index is 1.79. The lowest BCUT2D eigenvalue weighted by Crippen LogP contribution is -2.51. The molecule has 0 aromatic heterocycles. The first kappa shape index (κ1) is 22.0. The van der Waals surface area contributed by atoms with E-state index < -0.39 is 0 Å². The second-order valence-electron chi connectivity index (χ2n) is 8.72. The van der Waals surface area contributed by atoms with Crippen molar-refractivity contribution in [3.63, 3.8) is 0 Å². The molecule has 7 heteroatoms. The van der Waals surface area contributed by atoms with E-state index in [0.29, 0.717) is 25.1 Å². The number of urea groups is 1. The smallest absolute Gasteiger partial charge is 0.329 e. The molecule has 2 aromatic carbocycles. The summed E-state index contributed by atoms with van der Waals surface area (Å²) in [4.78, 5) is 29.2. The standard InChI is InChI=1S/C25H31N3O4/c1-15-6-12-21(31-3)23-20(15)14-27(18-10-7-17(8-11-18)24(26)29)25(30)28(23)19-9-5-16(2)22(13-19)32-4/h5-6,9,12-13,17-18H,7-8,10-11,14H2,1-4H3,(H2,26,29). The summed E-state index contributed by atoms with van der Waals surface area (Å²) in [7, 11) is 3.26. The van der Waals surface area contributed by atoms with E-state index in [9.17, 15) is 9.59 Å². The van der Waals surface area contributed by atoms with Crippen molar-refractivity contribution in [2.75, 3.05) is 19.1 Å². The van der Waals surface area contributed by atoms with Gasteiger partial charge in [0.1, 0.15) is 11.5 Å². The van der Waals surface area contributed by atoms with Gasteiger partial charge in [-0.3, -0.25) is 9.69 Å². The van der Waals surface area contributed by atoms with Crippen molar-refractivity contribution in [2.24, 2.45) is 11.7 Å². The lowest BCUT2D eigenvalue weighted by atomic mass is 9.84. The summed E-state index contributed by atoms with van der Waals surface area (Å²) in [6, 6.07) is 9.71. The molecule has 3 amide bonds. The lowest BCUT2D eigenvalue weighted by Gasteiger charge is -2.44. The van der Waals surface area contributed by atoms with Crippen molar-refractivity contribution < 1.29 is 19.1 Å². The second kappa shape index (κ2) is 8.73. The van der Waals surface area contributed by atoms with Crippen LogP contribution in [0, 0.1) is 19.8 Å². The van der Waals surface area contributed by atoms with Gasteiger partial charge in [-0.15, -0.1) is 0 Å². The van der Waals surface area contributed by atoms with Gasteiger partial charge in [-0.05, 0) is 62.8 Å². The Kier molecular flexibility index (Phi) is 6.00. The van der Waals surface area contributed by atoms with Crippen molar-refractivity contribution in [1.29, 1.82) is 0 Å². The Bertz CT molecular complexity index is 1040. The number of carbonyl (C=O) groups excluding carboxylic acids is 2. The summed E-state index contributed by atoms with van der Waals surface area (Å²) < 4.78 is 11.2. The molecule has 4 rings (SSSR count). The van der Waals surface area contributed by atoms with E-state index >= 15 is 0 Å². The predicted molar refractivity (Wildman–Crippen MR) is 123 cm³/mol. The van der Waals surface area contributed by atoms with Crippen LogP contribution in [0.4, 0.5) is 16.2 Å². The van der Waals surface area contributed by atoms with Crippen LogP contribution >= 0.6 is 0 Å². The minimum atomic E-state index is -0.243. The zero-order valence-corrected chi connectivity index (χ0v) is 19.2. The van der Waals surface area contributed by atoms with Crippen LogP contribution in [0.15, 0.2) is 30.3 Å². The molecule has 2 aromatic rings. The molecule has 170 valence electrons. The highest BCUT2D eigenvalue weighted by Gasteiger charge is 2.40. The molecule has 1 saturated carbocycles. The summed E-state index contributed by atoms with van der Waals surface area (Å²) in [6.07, 6.45) is 2.96. The minimum Gasteiger partial charge on any atom is -0.496 e. The van der Waals surface area contributed by atoms with E-state index in [4.69, 9.17) is 15.2 Å². The molecule has 0 unspecified atom stereocenters. The maximum Gasteiger partial charge on any atom is 0.329 e. The van der Waals surface area contributed by atoms with Gasteiger partial charge in [-0.1, -0.05) is 12.1 Å². The maximum absolute atomic E-state index is 13.9. The summed E-state index contributed by atoms with van der Waals surface area (Å²) >= 11 is 0. The first-order chi connectivity index (χ1) is 15.3. The summed E-state index contributed by atoms with van der Waals surface area (Å²) in [5.74, 6) is 1.04. The van der Waals surface area contributed by atoms with Crippen LogP contribution in [-0.4, -0.2) is 37.1 Å². The van der Waals surface area contributed by atoms with Crippen molar-refractivity contribution in [3.05, 3.63) is 47.0 Å². The number of nitrogens with zero attached hydrogens (tertiary/aromatic N) is 2. The number of fused-ring (bicyclic) bond motifs is 1. The van der Waals surface area contributed by atoms with Crippen molar-refractivity contribution >= 4 is 23.3 Å². The first-order valence-corrected chi connectivity index (χ1v) is 11.1. The van der Waals surface area contributed by atoms with Crippen LogP contribution in [0.3, 0.4) is 0 Å². The van der Waals surface area contributed by atoms with Crippen molar-refractivity contribution in [1.82, 2.24) is 4.90 Å². The van der Waals surface area contributed by atoms with Crippen LogP contribution in [0.25, 0.3) is 0 Å². The molecule has 0 spiro atoms. The molecule has 0 radical (unpaired) electrons. The summed E-state index contributed by atoms with van der Waals surface area (Å²) in [6.45, 7) is 4.55. The number of aryl methyl sites for hydroxylation is 2. The Morgan fingerprint density at radius 2 is 1.62 bits per heavy atom.